The second-order valence-corrected chi connectivity index (χ2v) is 6.73. The smallest absolute Gasteiger partial charge is 0.240 e. The molecule has 0 saturated heterocycles. The summed E-state index contributed by atoms with van der Waals surface area (Å²) in [6, 6.07) is 13.1. The second-order valence-electron chi connectivity index (χ2n) is 4.96. The van der Waals surface area contributed by atoms with Crippen LogP contribution in [0.15, 0.2) is 58.6 Å². The fraction of sp³-hybridized carbons (Fsp3) is 0.250. The van der Waals surface area contributed by atoms with E-state index in [1.807, 2.05) is 0 Å². The predicted molar refractivity (Wildman–Crippen MR) is 88.8 cm³/mol. The van der Waals surface area contributed by atoms with Crippen LogP contribution in [0, 0.1) is 4.91 Å². The van der Waals surface area contributed by atoms with Crippen molar-refractivity contribution in [2.75, 3.05) is 13.2 Å². The summed E-state index contributed by atoms with van der Waals surface area (Å²) in [6.45, 7) is 0.323. The lowest BCUT2D eigenvalue weighted by Crippen LogP contribution is -2.24. The first kappa shape index (κ1) is 17.3. The molecular formula is C16H18N2O4S. The van der Waals surface area contributed by atoms with Gasteiger partial charge in [-0.1, -0.05) is 30.3 Å². The summed E-state index contributed by atoms with van der Waals surface area (Å²) in [6.07, 6.45) is 1.13. The van der Waals surface area contributed by atoms with Gasteiger partial charge in [-0.25, -0.2) is 13.1 Å². The van der Waals surface area contributed by atoms with Gasteiger partial charge < -0.3 is 5.11 Å². The van der Waals surface area contributed by atoms with Crippen LogP contribution in [0.5, 0.6) is 0 Å². The van der Waals surface area contributed by atoms with Crippen molar-refractivity contribution in [3.63, 3.8) is 0 Å². The Balaban J connectivity index is 2.17. The van der Waals surface area contributed by atoms with Crippen molar-refractivity contribution >= 4 is 15.7 Å². The van der Waals surface area contributed by atoms with E-state index in [-0.39, 0.29) is 18.0 Å². The van der Waals surface area contributed by atoms with Crippen LogP contribution in [0.2, 0.25) is 0 Å². The third kappa shape index (κ3) is 4.44. The molecule has 0 saturated carbocycles. The molecule has 7 heteroatoms. The predicted octanol–water partition coefficient (Wildman–Crippen LogP) is 2.80. The number of nitrogens with one attached hydrogen (secondary N) is 1. The number of aliphatic hydroxyl groups is 1. The molecule has 122 valence electrons. The maximum Gasteiger partial charge on any atom is 0.240 e. The molecule has 0 radical (unpaired) electrons. The largest absolute Gasteiger partial charge is 0.396 e. The van der Waals surface area contributed by atoms with E-state index in [2.05, 4.69) is 9.90 Å². The standard InChI is InChI=1S/C16H18N2O4S/c19-12-4-3-11-17-23(21,22)14-9-7-13(8-10-14)15-5-1-2-6-16(15)18-20/h1-2,5-10,17,19H,3-4,11-12H2. The van der Waals surface area contributed by atoms with Crippen LogP contribution in [0.25, 0.3) is 11.1 Å². The quantitative estimate of drug-likeness (QED) is 0.573. The van der Waals surface area contributed by atoms with Crippen LogP contribution in [0.4, 0.5) is 5.69 Å². The Morgan fingerprint density at radius 2 is 1.70 bits per heavy atom. The van der Waals surface area contributed by atoms with E-state index in [0.29, 0.717) is 24.1 Å². The summed E-state index contributed by atoms with van der Waals surface area (Å²) in [5.74, 6) is 0. The van der Waals surface area contributed by atoms with E-state index in [1.165, 1.54) is 12.1 Å². The van der Waals surface area contributed by atoms with Gasteiger partial charge >= 0.3 is 0 Å². The van der Waals surface area contributed by atoms with Gasteiger partial charge in [-0.2, -0.15) is 0 Å². The van der Waals surface area contributed by atoms with Gasteiger partial charge in [-0.15, -0.1) is 4.91 Å². The van der Waals surface area contributed by atoms with E-state index < -0.39 is 10.0 Å². The molecule has 0 heterocycles. The first-order valence-corrected chi connectivity index (χ1v) is 8.70. The van der Waals surface area contributed by atoms with Gasteiger partial charge in [0.2, 0.25) is 10.0 Å². The van der Waals surface area contributed by atoms with E-state index in [0.717, 1.165) is 5.56 Å². The number of unbranched alkanes of at least 4 members (excludes halogenated alkanes) is 1. The summed E-state index contributed by atoms with van der Waals surface area (Å²) < 4.78 is 26.7. The Morgan fingerprint density at radius 3 is 2.35 bits per heavy atom. The highest BCUT2D eigenvalue weighted by atomic mass is 32.2. The lowest BCUT2D eigenvalue weighted by Gasteiger charge is -2.08. The van der Waals surface area contributed by atoms with Crippen LogP contribution >= 0.6 is 0 Å². The maximum absolute atomic E-state index is 12.1. The molecule has 2 rings (SSSR count). The lowest BCUT2D eigenvalue weighted by atomic mass is 10.0. The Kier molecular flexibility index (Phi) is 5.97. The molecule has 0 aliphatic rings. The number of rotatable bonds is 8. The van der Waals surface area contributed by atoms with Crippen LogP contribution in [0.1, 0.15) is 12.8 Å². The van der Waals surface area contributed by atoms with Gasteiger partial charge in [-0.05, 0) is 41.8 Å². The van der Waals surface area contributed by atoms with Crippen LogP contribution in [-0.4, -0.2) is 26.7 Å². The van der Waals surface area contributed by atoms with E-state index in [1.54, 1.807) is 36.4 Å². The molecule has 0 aliphatic heterocycles. The summed E-state index contributed by atoms with van der Waals surface area (Å²) in [5, 5.41) is 11.7. The molecule has 2 aromatic rings. The Hall–Kier alpha value is -2.09. The zero-order valence-corrected chi connectivity index (χ0v) is 13.3. The monoisotopic (exact) mass is 334 g/mol. The molecule has 2 aromatic carbocycles. The summed E-state index contributed by atoms with van der Waals surface area (Å²) in [4.78, 5) is 11.0. The number of nitroso groups, excluding NO2 is 1. The minimum Gasteiger partial charge on any atom is -0.396 e. The first-order valence-electron chi connectivity index (χ1n) is 7.22. The van der Waals surface area contributed by atoms with Gasteiger partial charge in [0.25, 0.3) is 0 Å². The highest BCUT2D eigenvalue weighted by Crippen LogP contribution is 2.30. The average molecular weight is 334 g/mol. The molecular weight excluding hydrogens is 316 g/mol. The Labute approximate surface area is 135 Å². The zero-order chi connectivity index (χ0) is 16.7. The number of nitrogens with zero attached hydrogens (tertiary/aromatic N) is 1. The SMILES string of the molecule is O=Nc1ccccc1-c1ccc(S(=O)(=O)NCCCCO)cc1. The number of hydrogen-bond donors (Lipinski definition) is 2. The van der Waals surface area contributed by atoms with Crippen molar-refractivity contribution in [3.8, 4) is 11.1 Å². The zero-order valence-electron chi connectivity index (χ0n) is 12.5. The summed E-state index contributed by atoms with van der Waals surface area (Å²) in [7, 11) is -3.57. The van der Waals surface area contributed by atoms with Crippen LogP contribution < -0.4 is 4.72 Å². The van der Waals surface area contributed by atoms with Crippen molar-refractivity contribution in [2.45, 2.75) is 17.7 Å². The lowest BCUT2D eigenvalue weighted by molar-refractivity contribution is 0.285. The minimum atomic E-state index is -3.57. The molecule has 0 spiro atoms. The first-order chi connectivity index (χ1) is 11.1. The fourth-order valence-electron chi connectivity index (χ4n) is 2.14. The van der Waals surface area contributed by atoms with Crippen molar-refractivity contribution in [1.82, 2.24) is 4.72 Å². The van der Waals surface area contributed by atoms with Crippen LogP contribution in [-0.2, 0) is 10.0 Å². The van der Waals surface area contributed by atoms with Crippen LogP contribution in [0.3, 0.4) is 0 Å². The molecule has 0 bridgehead atoms. The maximum atomic E-state index is 12.1. The van der Waals surface area contributed by atoms with Gasteiger partial charge in [-0.3, -0.25) is 0 Å². The molecule has 0 amide bonds. The third-order valence-corrected chi connectivity index (χ3v) is 4.83. The van der Waals surface area contributed by atoms with E-state index in [9.17, 15) is 13.3 Å². The highest BCUT2D eigenvalue weighted by Gasteiger charge is 2.13. The van der Waals surface area contributed by atoms with Gasteiger partial charge in [0.1, 0.15) is 5.69 Å². The van der Waals surface area contributed by atoms with Crippen molar-refractivity contribution < 1.29 is 13.5 Å². The summed E-state index contributed by atoms with van der Waals surface area (Å²) >= 11 is 0. The number of benzene rings is 2. The molecule has 23 heavy (non-hydrogen) atoms. The molecule has 0 aliphatic carbocycles. The highest BCUT2D eigenvalue weighted by molar-refractivity contribution is 7.89. The molecule has 0 atom stereocenters. The van der Waals surface area contributed by atoms with Crippen molar-refractivity contribution in [2.24, 2.45) is 5.18 Å². The van der Waals surface area contributed by atoms with Gasteiger partial charge in [0, 0.05) is 18.7 Å². The van der Waals surface area contributed by atoms with E-state index in [4.69, 9.17) is 5.11 Å². The van der Waals surface area contributed by atoms with Gasteiger partial charge in [0.15, 0.2) is 0 Å². The minimum absolute atomic E-state index is 0.0423. The van der Waals surface area contributed by atoms with Crippen molar-refractivity contribution in [3.05, 3.63) is 53.4 Å². The number of hydrogen-bond acceptors (Lipinski definition) is 5. The molecule has 0 fully saturated rings. The second kappa shape index (κ2) is 7.96. The fourth-order valence-corrected chi connectivity index (χ4v) is 3.21. The average Bonchev–Trinajstić information content (AvgIpc) is 2.59. The summed E-state index contributed by atoms with van der Waals surface area (Å²) in [5.41, 5.74) is 1.69. The molecule has 6 nitrogen and oxygen atoms in total. The number of aliphatic hydroxyl groups excluding tert-OH is 1. The number of sulfonamides is 1. The molecule has 0 unspecified atom stereocenters. The van der Waals surface area contributed by atoms with Gasteiger partial charge in [0.05, 0.1) is 4.90 Å². The van der Waals surface area contributed by atoms with Crippen molar-refractivity contribution in [1.29, 1.82) is 0 Å². The third-order valence-electron chi connectivity index (χ3n) is 3.35. The Morgan fingerprint density at radius 1 is 1.00 bits per heavy atom. The molecule has 0 aromatic heterocycles. The molecule has 2 N–H and O–H groups in total. The Bertz CT molecular complexity index is 758. The normalized spacial score (nSPS) is 11.3. The topological polar surface area (TPSA) is 95.8 Å². The van der Waals surface area contributed by atoms with E-state index >= 15 is 0 Å².